The highest BCUT2D eigenvalue weighted by atomic mass is 32.2. The Morgan fingerprint density at radius 3 is 2.96 bits per heavy atom. The first-order chi connectivity index (χ1) is 11.0. The Kier molecular flexibility index (Phi) is 5.94. The number of aliphatic hydroxyl groups excluding tert-OH is 1. The van der Waals surface area contributed by atoms with Crippen molar-refractivity contribution in [3.8, 4) is 5.75 Å². The maximum absolute atomic E-state index is 10.7. The first kappa shape index (κ1) is 17.2. The van der Waals surface area contributed by atoms with Crippen molar-refractivity contribution in [3.05, 3.63) is 40.7 Å². The van der Waals surface area contributed by atoms with E-state index < -0.39 is 11.0 Å². The molecule has 1 atom stereocenters. The Hall–Kier alpha value is -2.13. The monoisotopic (exact) mass is 338 g/mol. The molecule has 1 aromatic carbocycles. The lowest BCUT2D eigenvalue weighted by Crippen LogP contribution is -2.20. The lowest BCUT2D eigenvalue weighted by Gasteiger charge is -2.13. The van der Waals surface area contributed by atoms with Gasteiger partial charge in [-0.25, -0.2) is 0 Å². The minimum absolute atomic E-state index is 0.0450. The van der Waals surface area contributed by atoms with Gasteiger partial charge in [-0.2, -0.15) is 0 Å². The van der Waals surface area contributed by atoms with Crippen LogP contribution in [0.15, 0.2) is 35.7 Å². The quantitative estimate of drug-likeness (QED) is 0.447. The average molecular weight is 338 g/mol. The molecule has 0 aliphatic rings. The van der Waals surface area contributed by atoms with E-state index in [1.807, 2.05) is 18.4 Å². The highest BCUT2D eigenvalue weighted by molar-refractivity contribution is 7.99. The molecule has 1 N–H and O–H groups in total. The molecule has 2 aromatic rings. The number of ether oxygens (including phenoxy) is 1. The van der Waals surface area contributed by atoms with Gasteiger partial charge in [0, 0.05) is 17.9 Å². The molecule has 0 aliphatic carbocycles. The van der Waals surface area contributed by atoms with Crippen molar-refractivity contribution in [2.24, 2.45) is 0 Å². The number of nitrogens with zero attached hydrogens (tertiary/aromatic N) is 4. The number of hydrogen-bond donors (Lipinski definition) is 1. The Morgan fingerprint density at radius 2 is 2.26 bits per heavy atom. The number of nitro groups is 1. The van der Waals surface area contributed by atoms with Crippen LogP contribution in [0.5, 0.6) is 5.75 Å². The molecule has 0 aliphatic heterocycles. The standard InChI is InChI=1S/C14H18N4O4S/c1-10(2)17-9-15-16-14(17)23-8-12(19)7-22-13-5-3-4-11(6-13)18(20)21/h3-6,9-10,12,19H,7-8H2,1-2H3. The van der Waals surface area contributed by atoms with Crippen molar-refractivity contribution in [1.29, 1.82) is 0 Å². The van der Waals surface area contributed by atoms with Crippen molar-refractivity contribution in [2.45, 2.75) is 31.1 Å². The van der Waals surface area contributed by atoms with Crippen LogP contribution in [0, 0.1) is 10.1 Å². The van der Waals surface area contributed by atoms with E-state index in [1.54, 1.807) is 18.5 Å². The Balaban J connectivity index is 1.83. The molecule has 0 amide bonds. The van der Waals surface area contributed by atoms with Gasteiger partial charge >= 0.3 is 0 Å². The number of aliphatic hydroxyl groups is 1. The molecule has 0 fully saturated rings. The second kappa shape index (κ2) is 7.93. The molecule has 2 rings (SSSR count). The molecule has 0 saturated carbocycles. The van der Waals surface area contributed by atoms with Gasteiger partial charge < -0.3 is 14.4 Å². The van der Waals surface area contributed by atoms with E-state index in [1.165, 1.54) is 23.9 Å². The molecule has 0 bridgehead atoms. The predicted molar refractivity (Wildman–Crippen MR) is 85.7 cm³/mol. The lowest BCUT2D eigenvalue weighted by molar-refractivity contribution is -0.384. The average Bonchev–Trinajstić information content (AvgIpc) is 3.00. The molecule has 23 heavy (non-hydrogen) atoms. The Labute approximate surface area is 137 Å². The minimum Gasteiger partial charge on any atom is -0.491 e. The molecule has 1 heterocycles. The second-order valence-electron chi connectivity index (χ2n) is 5.14. The molecule has 9 heteroatoms. The summed E-state index contributed by atoms with van der Waals surface area (Å²) in [6, 6.07) is 6.11. The second-order valence-corrected chi connectivity index (χ2v) is 6.13. The van der Waals surface area contributed by atoms with Gasteiger partial charge in [-0.05, 0) is 19.9 Å². The van der Waals surface area contributed by atoms with Crippen molar-refractivity contribution < 1.29 is 14.8 Å². The maximum atomic E-state index is 10.7. The van der Waals surface area contributed by atoms with Crippen LogP contribution in [-0.4, -0.2) is 43.3 Å². The fourth-order valence-corrected chi connectivity index (χ4v) is 2.74. The van der Waals surface area contributed by atoms with Gasteiger partial charge in [0.1, 0.15) is 18.7 Å². The van der Waals surface area contributed by atoms with Crippen LogP contribution in [0.3, 0.4) is 0 Å². The van der Waals surface area contributed by atoms with Gasteiger partial charge in [-0.1, -0.05) is 17.8 Å². The summed E-state index contributed by atoms with van der Waals surface area (Å²) in [5, 5.41) is 29.3. The normalized spacial score (nSPS) is 12.3. The molecule has 1 aromatic heterocycles. The zero-order chi connectivity index (χ0) is 16.8. The van der Waals surface area contributed by atoms with Crippen molar-refractivity contribution in [1.82, 2.24) is 14.8 Å². The molecule has 8 nitrogen and oxygen atoms in total. The van der Waals surface area contributed by atoms with E-state index in [2.05, 4.69) is 10.2 Å². The zero-order valence-corrected chi connectivity index (χ0v) is 13.6. The van der Waals surface area contributed by atoms with Gasteiger partial charge in [-0.3, -0.25) is 10.1 Å². The molecule has 0 saturated heterocycles. The summed E-state index contributed by atoms with van der Waals surface area (Å²) in [6.45, 7) is 4.09. The highest BCUT2D eigenvalue weighted by Gasteiger charge is 2.13. The number of thioether (sulfide) groups is 1. The van der Waals surface area contributed by atoms with E-state index in [9.17, 15) is 15.2 Å². The van der Waals surface area contributed by atoms with Gasteiger partial charge in [0.25, 0.3) is 5.69 Å². The summed E-state index contributed by atoms with van der Waals surface area (Å²) in [5.74, 6) is 0.744. The Bertz CT molecular complexity index is 662. The first-order valence-corrected chi connectivity index (χ1v) is 8.03. The van der Waals surface area contributed by atoms with Gasteiger partial charge in [0.05, 0.1) is 17.1 Å². The Morgan fingerprint density at radius 1 is 1.48 bits per heavy atom. The number of nitro benzene ring substituents is 1. The number of rotatable bonds is 8. The van der Waals surface area contributed by atoms with Crippen LogP contribution < -0.4 is 4.74 Å². The van der Waals surface area contributed by atoms with Crippen LogP contribution in [0.4, 0.5) is 5.69 Å². The molecule has 0 radical (unpaired) electrons. The maximum Gasteiger partial charge on any atom is 0.273 e. The fraction of sp³-hybridized carbons (Fsp3) is 0.429. The predicted octanol–water partition coefficient (Wildman–Crippen LogP) is 2.30. The van der Waals surface area contributed by atoms with Crippen LogP contribution in [0.2, 0.25) is 0 Å². The third-order valence-corrected chi connectivity index (χ3v) is 4.07. The summed E-state index contributed by atoms with van der Waals surface area (Å²) in [6.07, 6.45) is 0.926. The number of hydrogen-bond acceptors (Lipinski definition) is 7. The van der Waals surface area contributed by atoms with Crippen LogP contribution in [0.25, 0.3) is 0 Å². The van der Waals surface area contributed by atoms with Crippen molar-refractivity contribution in [3.63, 3.8) is 0 Å². The van der Waals surface area contributed by atoms with Crippen molar-refractivity contribution in [2.75, 3.05) is 12.4 Å². The fourth-order valence-electron chi connectivity index (χ4n) is 1.79. The number of benzene rings is 1. The smallest absolute Gasteiger partial charge is 0.273 e. The van der Waals surface area contributed by atoms with Gasteiger partial charge in [-0.15, -0.1) is 10.2 Å². The van der Waals surface area contributed by atoms with E-state index in [0.717, 1.165) is 5.16 Å². The summed E-state index contributed by atoms with van der Waals surface area (Å²) >= 11 is 1.38. The molecule has 1 unspecified atom stereocenters. The largest absolute Gasteiger partial charge is 0.491 e. The molecular weight excluding hydrogens is 320 g/mol. The number of aromatic nitrogens is 3. The summed E-state index contributed by atoms with van der Waals surface area (Å²) in [7, 11) is 0. The van der Waals surface area contributed by atoms with Crippen LogP contribution in [0.1, 0.15) is 19.9 Å². The minimum atomic E-state index is -0.725. The van der Waals surface area contributed by atoms with Gasteiger partial charge in [0.15, 0.2) is 5.16 Å². The van der Waals surface area contributed by atoms with E-state index in [-0.39, 0.29) is 18.3 Å². The van der Waals surface area contributed by atoms with E-state index >= 15 is 0 Å². The summed E-state index contributed by atoms with van der Waals surface area (Å²) < 4.78 is 7.31. The summed E-state index contributed by atoms with van der Waals surface area (Å²) in [4.78, 5) is 10.2. The third-order valence-electron chi connectivity index (χ3n) is 2.97. The lowest BCUT2D eigenvalue weighted by atomic mass is 10.3. The molecular formula is C14H18N4O4S. The van der Waals surface area contributed by atoms with E-state index in [4.69, 9.17) is 4.74 Å². The number of non-ortho nitro benzene ring substituents is 1. The third kappa shape index (κ3) is 4.93. The first-order valence-electron chi connectivity index (χ1n) is 7.05. The highest BCUT2D eigenvalue weighted by Crippen LogP contribution is 2.21. The topological polar surface area (TPSA) is 103 Å². The van der Waals surface area contributed by atoms with Gasteiger partial charge in [0.2, 0.25) is 0 Å². The van der Waals surface area contributed by atoms with E-state index in [0.29, 0.717) is 11.5 Å². The molecule has 0 spiro atoms. The van der Waals surface area contributed by atoms with Crippen LogP contribution in [-0.2, 0) is 0 Å². The van der Waals surface area contributed by atoms with Crippen molar-refractivity contribution >= 4 is 17.4 Å². The van der Waals surface area contributed by atoms with Crippen LogP contribution >= 0.6 is 11.8 Å². The SMILES string of the molecule is CC(C)n1cnnc1SCC(O)COc1cccc([N+](=O)[O-])c1. The summed E-state index contributed by atoms with van der Waals surface area (Å²) in [5.41, 5.74) is -0.0450. The molecule has 124 valence electrons. The zero-order valence-electron chi connectivity index (χ0n) is 12.8.